The number of nitrogens with one attached hydrogen (secondary N) is 4. The fourth-order valence-electron chi connectivity index (χ4n) is 18.4. The van der Waals surface area contributed by atoms with Gasteiger partial charge in [-0.05, 0) is 183 Å². The first kappa shape index (κ1) is 77.3. The van der Waals surface area contributed by atoms with E-state index in [4.69, 9.17) is 0 Å². The minimum Gasteiger partial charge on any atom is -0.355 e. The zero-order valence-electron chi connectivity index (χ0n) is 69.5. The molecule has 0 saturated heterocycles. The minimum absolute atomic E-state index is 1.09. The standard InChI is InChI=1S/2C32H21NS.2C28H19NS/c1-3-10-25-21(7-1)9-5-12-26(25)23-15-18-24(19-16-23)33-30-14-6-13-28-29-20-17-22-8-2-4-11-27(22)31(29)34-32(28)30;1-2-10-24-21(8-1)9-7-14-25(24)22-16-18-23(19-17-22)33-29-20-31-32(27-12-4-3-11-26(27)29)28-13-5-6-15-30(28)34-31;1-2-8-19(9-3-1)21-11-6-12-22(18-21)29-26-15-7-14-24-25-17-16-20-10-4-5-13-23(20)27(25)30-28(24)26;1-2-7-19(8-3-1)20-13-16-22(17-14-20)29-26-12-6-11-24-25-18-15-21-9-4-5-10-23(21)27(25)30-28(24)26/h2*1-20,33H;2*1-18,29H. The second-order valence-electron chi connectivity index (χ2n) is 32.4. The number of hydrogen-bond acceptors (Lipinski definition) is 8. The van der Waals surface area contributed by atoms with Crippen molar-refractivity contribution in [1.29, 1.82) is 0 Å². The first-order valence-electron chi connectivity index (χ1n) is 43.3. The van der Waals surface area contributed by atoms with Gasteiger partial charge in [0.2, 0.25) is 0 Å². The number of benzene rings is 22. The summed E-state index contributed by atoms with van der Waals surface area (Å²) in [5.74, 6) is 0. The van der Waals surface area contributed by atoms with E-state index in [1.807, 2.05) is 51.4 Å². The highest BCUT2D eigenvalue weighted by Gasteiger charge is 2.19. The minimum atomic E-state index is 1.09. The molecular formula is C120H80N4S4. The molecule has 0 aliphatic carbocycles. The lowest BCUT2D eigenvalue weighted by Gasteiger charge is -2.13. The van der Waals surface area contributed by atoms with Crippen LogP contribution in [0.25, 0.3) is 190 Å². The van der Waals surface area contributed by atoms with Gasteiger partial charge in [0.1, 0.15) is 0 Å². The van der Waals surface area contributed by atoms with Crippen molar-refractivity contribution in [2.45, 2.75) is 0 Å². The highest BCUT2D eigenvalue weighted by Crippen LogP contribution is 2.48. The molecule has 128 heavy (non-hydrogen) atoms. The molecule has 604 valence electrons. The smallest absolute Gasteiger partial charge is 0.0590 e. The van der Waals surface area contributed by atoms with E-state index in [1.165, 1.54) is 190 Å². The van der Waals surface area contributed by atoms with Crippen LogP contribution >= 0.6 is 45.3 Å². The van der Waals surface area contributed by atoms with Gasteiger partial charge in [-0.15, -0.1) is 45.3 Å². The maximum absolute atomic E-state index is 3.71. The third-order valence-electron chi connectivity index (χ3n) is 24.6. The van der Waals surface area contributed by atoms with Crippen molar-refractivity contribution < 1.29 is 0 Å². The molecule has 4 nitrogen and oxygen atoms in total. The van der Waals surface area contributed by atoms with Crippen LogP contribution in [-0.2, 0) is 0 Å². The Morgan fingerprint density at radius 3 is 0.898 bits per heavy atom. The lowest BCUT2D eigenvalue weighted by Crippen LogP contribution is -1.92. The number of hydrogen-bond donors (Lipinski definition) is 4. The second kappa shape index (κ2) is 33.9. The van der Waals surface area contributed by atoms with E-state index in [9.17, 15) is 0 Å². The van der Waals surface area contributed by atoms with E-state index < -0.39 is 0 Å². The Hall–Kier alpha value is -15.5. The molecule has 0 saturated carbocycles. The van der Waals surface area contributed by atoms with E-state index in [-0.39, 0.29) is 0 Å². The Morgan fingerprint density at radius 2 is 0.445 bits per heavy atom. The molecule has 0 spiro atoms. The summed E-state index contributed by atoms with van der Waals surface area (Å²) in [4.78, 5) is 0. The number of rotatable bonds is 12. The molecular weight excluding hydrogens is 1630 g/mol. The van der Waals surface area contributed by atoms with Crippen molar-refractivity contribution in [2.24, 2.45) is 0 Å². The van der Waals surface area contributed by atoms with Gasteiger partial charge >= 0.3 is 0 Å². The SMILES string of the molecule is c1ccc(-c2ccc(Nc3cccc4c3sc3c5ccccc5ccc43)cc2)cc1.c1ccc(-c2cccc(Nc3cccc4c3sc3c5ccccc5ccc43)c2)cc1.c1ccc2c(-c3ccc(Nc4cc5sc6ccccc6c5c5ccccc45)cc3)cccc2c1.c1ccc2c(-c3ccc(Nc4cccc5c4sc4c6ccccc6ccc54)cc3)cccc2c1. The average Bonchev–Trinajstić information content (AvgIpc) is 1.57. The van der Waals surface area contributed by atoms with Crippen LogP contribution in [0, 0.1) is 0 Å². The van der Waals surface area contributed by atoms with E-state index in [0.717, 1.165) is 45.5 Å². The van der Waals surface area contributed by atoms with Crippen LogP contribution in [0.1, 0.15) is 0 Å². The zero-order valence-corrected chi connectivity index (χ0v) is 72.8. The molecule has 26 aromatic rings. The molecule has 0 bridgehead atoms. The van der Waals surface area contributed by atoms with Gasteiger partial charge in [0.05, 0.1) is 31.2 Å². The molecule has 4 heterocycles. The van der Waals surface area contributed by atoms with Crippen LogP contribution in [0.15, 0.2) is 461 Å². The molecule has 0 aliphatic rings. The zero-order chi connectivity index (χ0) is 84.8. The molecule has 0 amide bonds. The highest BCUT2D eigenvalue weighted by molar-refractivity contribution is 7.28. The Morgan fingerprint density at radius 1 is 0.141 bits per heavy atom. The number of anilines is 8. The van der Waals surface area contributed by atoms with Crippen molar-refractivity contribution in [3.63, 3.8) is 0 Å². The van der Waals surface area contributed by atoms with Crippen molar-refractivity contribution in [1.82, 2.24) is 0 Å². The first-order chi connectivity index (χ1) is 63.4. The molecule has 0 unspecified atom stereocenters. The summed E-state index contributed by atoms with van der Waals surface area (Å²) < 4.78 is 10.6. The van der Waals surface area contributed by atoms with Crippen LogP contribution < -0.4 is 21.3 Å². The molecule has 4 N–H and O–H groups in total. The number of thiophene rings is 4. The highest BCUT2D eigenvalue weighted by atomic mass is 32.1. The normalized spacial score (nSPS) is 11.4. The lowest BCUT2D eigenvalue weighted by atomic mass is 9.98. The van der Waals surface area contributed by atoms with Crippen LogP contribution in [-0.4, -0.2) is 0 Å². The maximum Gasteiger partial charge on any atom is 0.0590 e. The predicted octanol–water partition coefficient (Wildman–Crippen LogP) is 36.8. The quantitative estimate of drug-likeness (QED) is 0.0985. The molecule has 4 aromatic heterocycles. The Labute approximate surface area is 756 Å². The largest absolute Gasteiger partial charge is 0.355 e. The van der Waals surface area contributed by atoms with Crippen LogP contribution in [0.3, 0.4) is 0 Å². The fraction of sp³-hybridized carbons (Fsp3) is 0. The third kappa shape index (κ3) is 14.9. The van der Waals surface area contributed by atoms with Gasteiger partial charge < -0.3 is 21.3 Å². The van der Waals surface area contributed by atoms with E-state index in [1.54, 1.807) is 0 Å². The van der Waals surface area contributed by atoms with Gasteiger partial charge in [-0.1, -0.05) is 382 Å². The fourth-order valence-corrected chi connectivity index (χ4v) is 23.5. The third-order valence-corrected chi connectivity index (χ3v) is 29.6. The van der Waals surface area contributed by atoms with Gasteiger partial charge in [-0.25, -0.2) is 0 Å². The molecule has 0 aliphatic heterocycles. The maximum atomic E-state index is 3.71. The molecule has 0 radical (unpaired) electrons. The van der Waals surface area contributed by atoms with E-state index >= 15 is 0 Å². The lowest BCUT2D eigenvalue weighted by molar-refractivity contribution is 1.57. The molecule has 0 atom stereocenters. The Bertz CT molecular complexity index is 8680. The molecule has 8 heteroatoms. The van der Waals surface area contributed by atoms with E-state index in [2.05, 4.69) is 476 Å². The van der Waals surface area contributed by atoms with Crippen LogP contribution in [0.2, 0.25) is 0 Å². The molecule has 0 fully saturated rings. The summed E-state index contributed by atoms with van der Waals surface area (Å²) in [5, 5.41) is 40.8. The van der Waals surface area contributed by atoms with Crippen molar-refractivity contribution >= 4 is 236 Å². The predicted molar refractivity (Wildman–Crippen MR) is 563 cm³/mol. The Balaban J connectivity index is 0.0000000978. The van der Waals surface area contributed by atoms with Gasteiger partial charge in [0.25, 0.3) is 0 Å². The summed E-state index contributed by atoms with van der Waals surface area (Å²) >= 11 is 7.49. The first-order valence-corrected chi connectivity index (χ1v) is 46.6. The second-order valence-corrected chi connectivity index (χ2v) is 36.5. The summed E-state index contributed by atoms with van der Waals surface area (Å²) in [5.41, 5.74) is 18.9. The molecule has 26 rings (SSSR count). The van der Waals surface area contributed by atoms with Gasteiger partial charge in [0, 0.05) is 100 Å². The van der Waals surface area contributed by atoms with Gasteiger partial charge in [0.15, 0.2) is 0 Å². The van der Waals surface area contributed by atoms with Crippen molar-refractivity contribution in [3.05, 3.63) is 461 Å². The van der Waals surface area contributed by atoms with Gasteiger partial charge in [-0.3, -0.25) is 0 Å². The van der Waals surface area contributed by atoms with Crippen LogP contribution in [0.4, 0.5) is 45.5 Å². The average molecular weight is 1710 g/mol. The number of fused-ring (bicyclic) bond motifs is 22. The summed E-state index contributed by atoms with van der Waals surface area (Å²) in [6.07, 6.45) is 0. The topological polar surface area (TPSA) is 48.1 Å². The summed E-state index contributed by atoms with van der Waals surface area (Å²) in [6, 6.07) is 165. The van der Waals surface area contributed by atoms with E-state index in [0.29, 0.717) is 0 Å². The van der Waals surface area contributed by atoms with Crippen molar-refractivity contribution in [2.75, 3.05) is 21.3 Å². The van der Waals surface area contributed by atoms with Crippen molar-refractivity contribution in [3.8, 4) is 44.5 Å². The Kier molecular flexibility index (Phi) is 20.4. The van der Waals surface area contributed by atoms with Gasteiger partial charge in [-0.2, -0.15) is 0 Å². The summed E-state index contributed by atoms with van der Waals surface area (Å²) in [6.45, 7) is 0. The van der Waals surface area contributed by atoms with Crippen LogP contribution in [0.5, 0.6) is 0 Å². The monoisotopic (exact) mass is 1700 g/mol. The molecule has 22 aromatic carbocycles. The summed E-state index contributed by atoms with van der Waals surface area (Å²) in [7, 11) is 0.